The molecule has 2 atom stereocenters. The van der Waals surface area contributed by atoms with Gasteiger partial charge >= 0.3 is 0 Å². The van der Waals surface area contributed by atoms with Gasteiger partial charge in [0.15, 0.2) is 0 Å². The fraction of sp³-hybridized carbons (Fsp3) is 0.647. The Morgan fingerprint density at radius 1 is 1.32 bits per heavy atom. The van der Waals surface area contributed by atoms with Gasteiger partial charge < -0.3 is 10.1 Å². The second-order valence-electron chi connectivity index (χ2n) is 6.41. The van der Waals surface area contributed by atoms with Crippen LogP contribution in [0.3, 0.4) is 0 Å². The fourth-order valence-electron chi connectivity index (χ4n) is 3.57. The molecule has 0 saturated heterocycles. The van der Waals surface area contributed by atoms with E-state index in [0.29, 0.717) is 6.04 Å². The standard InChI is InChI=1S/C17H25NO/c1-3-18-15-12-17(2,11-13-7-6-8-13)19-16-10-5-4-9-14(15)16/h4-5,9-10,13,15,18H,3,6-8,11-12H2,1-2H3. The number of ether oxygens (including phenoxy) is 1. The Labute approximate surface area is 116 Å². The van der Waals surface area contributed by atoms with Crippen molar-refractivity contribution in [2.75, 3.05) is 6.54 Å². The molecule has 2 heteroatoms. The first-order valence-corrected chi connectivity index (χ1v) is 7.71. The molecule has 2 aliphatic rings. The molecule has 1 fully saturated rings. The number of fused-ring (bicyclic) bond motifs is 1. The summed E-state index contributed by atoms with van der Waals surface area (Å²) >= 11 is 0. The lowest BCUT2D eigenvalue weighted by atomic mass is 9.74. The molecule has 1 aromatic carbocycles. The van der Waals surface area contributed by atoms with Gasteiger partial charge in [-0.05, 0) is 31.9 Å². The zero-order valence-electron chi connectivity index (χ0n) is 12.1. The van der Waals surface area contributed by atoms with Crippen LogP contribution in [0.2, 0.25) is 0 Å². The Hall–Kier alpha value is -1.02. The summed E-state index contributed by atoms with van der Waals surface area (Å²) in [6.07, 6.45) is 6.50. The van der Waals surface area contributed by atoms with Crippen molar-refractivity contribution in [1.82, 2.24) is 5.32 Å². The van der Waals surface area contributed by atoms with Gasteiger partial charge in [-0.25, -0.2) is 0 Å². The molecule has 1 heterocycles. The Morgan fingerprint density at radius 2 is 2.11 bits per heavy atom. The van der Waals surface area contributed by atoms with Gasteiger partial charge in [-0.15, -0.1) is 0 Å². The van der Waals surface area contributed by atoms with Crippen molar-refractivity contribution < 1.29 is 4.74 Å². The average Bonchev–Trinajstić information content (AvgIpc) is 2.34. The smallest absolute Gasteiger partial charge is 0.124 e. The van der Waals surface area contributed by atoms with Gasteiger partial charge in [0.1, 0.15) is 11.4 Å². The zero-order chi connectivity index (χ0) is 13.3. The molecule has 19 heavy (non-hydrogen) atoms. The van der Waals surface area contributed by atoms with E-state index in [0.717, 1.165) is 24.6 Å². The molecule has 104 valence electrons. The van der Waals surface area contributed by atoms with Crippen LogP contribution in [0, 0.1) is 5.92 Å². The van der Waals surface area contributed by atoms with Crippen LogP contribution in [0.25, 0.3) is 0 Å². The highest BCUT2D eigenvalue weighted by atomic mass is 16.5. The second kappa shape index (κ2) is 5.16. The third-order valence-electron chi connectivity index (χ3n) is 4.68. The lowest BCUT2D eigenvalue weighted by Crippen LogP contribution is -2.44. The summed E-state index contributed by atoms with van der Waals surface area (Å²) in [5, 5.41) is 3.63. The highest BCUT2D eigenvalue weighted by molar-refractivity contribution is 5.38. The molecule has 2 nitrogen and oxygen atoms in total. The SMILES string of the molecule is CCNC1CC(C)(CC2CCC2)Oc2ccccc21. The second-order valence-corrected chi connectivity index (χ2v) is 6.41. The summed E-state index contributed by atoms with van der Waals surface area (Å²) in [5.74, 6) is 1.97. The first-order valence-electron chi connectivity index (χ1n) is 7.71. The lowest BCUT2D eigenvalue weighted by molar-refractivity contribution is 0.0127. The Kier molecular flexibility index (Phi) is 3.53. The van der Waals surface area contributed by atoms with E-state index in [2.05, 4.69) is 43.4 Å². The van der Waals surface area contributed by atoms with E-state index < -0.39 is 0 Å². The molecule has 0 spiro atoms. The molecule has 2 unspecified atom stereocenters. The number of nitrogens with one attached hydrogen (secondary N) is 1. The normalized spacial score (nSPS) is 30.3. The molecule has 1 N–H and O–H groups in total. The number of rotatable bonds is 4. The van der Waals surface area contributed by atoms with Crippen LogP contribution >= 0.6 is 0 Å². The quantitative estimate of drug-likeness (QED) is 0.880. The predicted molar refractivity (Wildman–Crippen MR) is 78.5 cm³/mol. The minimum absolute atomic E-state index is 0.00623. The largest absolute Gasteiger partial charge is 0.487 e. The van der Waals surface area contributed by atoms with E-state index in [9.17, 15) is 0 Å². The Morgan fingerprint density at radius 3 is 2.79 bits per heavy atom. The van der Waals surface area contributed by atoms with E-state index in [-0.39, 0.29) is 5.60 Å². The molecule has 0 amide bonds. The van der Waals surface area contributed by atoms with Gasteiger partial charge in [0.2, 0.25) is 0 Å². The first-order chi connectivity index (χ1) is 9.20. The highest BCUT2D eigenvalue weighted by Crippen LogP contribution is 2.44. The number of hydrogen-bond donors (Lipinski definition) is 1. The maximum Gasteiger partial charge on any atom is 0.124 e. The topological polar surface area (TPSA) is 21.3 Å². The van der Waals surface area contributed by atoms with E-state index >= 15 is 0 Å². The van der Waals surface area contributed by atoms with Gasteiger partial charge in [-0.1, -0.05) is 44.4 Å². The van der Waals surface area contributed by atoms with Crippen LogP contribution in [-0.2, 0) is 0 Å². The van der Waals surface area contributed by atoms with Gasteiger partial charge in [-0.2, -0.15) is 0 Å². The molecule has 1 aliphatic carbocycles. The Bertz CT molecular complexity index is 441. The van der Waals surface area contributed by atoms with Crippen LogP contribution in [0.15, 0.2) is 24.3 Å². The summed E-state index contributed by atoms with van der Waals surface area (Å²) in [4.78, 5) is 0. The molecule has 1 aromatic rings. The molecule has 0 radical (unpaired) electrons. The van der Waals surface area contributed by atoms with E-state index in [1.807, 2.05) is 0 Å². The van der Waals surface area contributed by atoms with Crippen LogP contribution in [0.1, 0.15) is 57.6 Å². The molecular weight excluding hydrogens is 234 g/mol. The van der Waals surface area contributed by atoms with Gasteiger partial charge in [0.05, 0.1) is 0 Å². The zero-order valence-corrected chi connectivity index (χ0v) is 12.1. The van der Waals surface area contributed by atoms with Crippen molar-refractivity contribution in [3.05, 3.63) is 29.8 Å². The summed E-state index contributed by atoms with van der Waals surface area (Å²) in [7, 11) is 0. The summed E-state index contributed by atoms with van der Waals surface area (Å²) in [6.45, 7) is 5.49. The number of para-hydroxylation sites is 1. The summed E-state index contributed by atoms with van der Waals surface area (Å²) in [6, 6.07) is 8.96. The van der Waals surface area contributed by atoms with Gasteiger partial charge in [0, 0.05) is 18.0 Å². The monoisotopic (exact) mass is 259 g/mol. The third-order valence-corrected chi connectivity index (χ3v) is 4.68. The average molecular weight is 259 g/mol. The minimum Gasteiger partial charge on any atom is -0.487 e. The molecule has 1 saturated carbocycles. The maximum atomic E-state index is 6.36. The maximum absolute atomic E-state index is 6.36. The summed E-state index contributed by atoms with van der Waals surface area (Å²) < 4.78 is 6.36. The summed E-state index contributed by atoms with van der Waals surface area (Å²) in [5.41, 5.74) is 1.34. The fourth-order valence-corrected chi connectivity index (χ4v) is 3.57. The third kappa shape index (κ3) is 2.64. The molecule has 0 aromatic heterocycles. The lowest BCUT2D eigenvalue weighted by Gasteiger charge is -2.43. The number of hydrogen-bond acceptors (Lipinski definition) is 2. The van der Waals surface area contributed by atoms with Crippen molar-refractivity contribution in [3.63, 3.8) is 0 Å². The minimum atomic E-state index is 0.00623. The van der Waals surface area contributed by atoms with E-state index in [1.54, 1.807) is 0 Å². The Balaban J connectivity index is 1.82. The van der Waals surface area contributed by atoms with Crippen LogP contribution in [-0.4, -0.2) is 12.1 Å². The predicted octanol–water partition coefficient (Wildman–Crippen LogP) is 4.07. The van der Waals surface area contributed by atoms with Gasteiger partial charge in [-0.3, -0.25) is 0 Å². The van der Waals surface area contributed by atoms with Crippen molar-refractivity contribution in [2.45, 2.75) is 57.6 Å². The van der Waals surface area contributed by atoms with Crippen molar-refractivity contribution in [2.24, 2.45) is 5.92 Å². The van der Waals surface area contributed by atoms with Crippen LogP contribution < -0.4 is 10.1 Å². The van der Waals surface area contributed by atoms with Crippen molar-refractivity contribution >= 4 is 0 Å². The van der Waals surface area contributed by atoms with Crippen molar-refractivity contribution in [1.29, 1.82) is 0 Å². The first kappa shape index (κ1) is 13.0. The molecule has 3 rings (SSSR count). The van der Waals surface area contributed by atoms with Gasteiger partial charge in [0.25, 0.3) is 0 Å². The van der Waals surface area contributed by atoms with Crippen LogP contribution in [0.5, 0.6) is 5.75 Å². The molecule has 0 bridgehead atoms. The number of benzene rings is 1. The molecule has 1 aliphatic heterocycles. The van der Waals surface area contributed by atoms with E-state index in [4.69, 9.17) is 4.74 Å². The van der Waals surface area contributed by atoms with Crippen LogP contribution in [0.4, 0.5) is 0 Å². The molecular formula is C17H25NO. The highest BCUT2D eigenvalue weighted by Gasteiger charge is 2.39. The van der Waals surface area contributed by atoms with E-state index in [1.165, 1.54) is 31.2 Å². The van der Waals surface area contributed by atoms with Crippen molar-refractivity contribution in [3.8, 4) is 5.75 Å².